The maximum Gasteiger partial charge on any atom is 0.485 e. The van der Waals surface area contributed by atoms with Crippen molar-refractivity contribution in [1.82, 2.24) is 0 Å². The molecule has 0 atom stereocenters. The summed E-state index contributed by atoms with van der Waals surface area (Å²) in [7, 11) is -5.55. The van der Waals surface area contributed by atoms with Gasteiger partial charge in [-0.25, -0.2) is 8.42 Å². The fraction of sp³-hybridized carbons (Fsp3) is 0.684. The summed E-state index contributed by atoms with van der Waals surface area (Å²) in [4.78, 5) is 1.67. The van der Waals surface area contributed by atoms with Gasteiger partial charge in [-0.2, -0.15) is 13.2 Å². The molecule has 0 amide bonds. The molecule has 0 saturated heterocycles. The van der Waals surface area contributed by atoms with E-state index in [2.05, 4.69) is 30.3 Å². The minimum absolute atomic E-state index is 0.539. The first-order chi connectivity index (χ1) is 12.7. The van der Waals surface area contributed by atoms with Crippen LogP contribution in [0, 0.1) is 0 Å². The lowest BCUT2D eigenvalue weighted by Gasteiger charge is -2.30. The van der Waals surface area contributed by atoms with Gasteiger partial charge in [0.2, 0.25) is 0 Å². The lowest BCUT2D eigenvalue weighted by atomic mass is 10.00. The Morgan fingerprint density at radius 2 is 1.19 bits per heavy atom. The van der Waals surface area contributed by atoms with Crippen LogP contribution in [0.5, 0.6) is 0 Å². The topological polar surface area (TPSA) is 57.2 Å². The van der Waals surface area contributed by atoms with E-state index >= 15 is 0 Å². The Bertz CT molecular complexity index is 633. The van der Waals surface area contributed by atoms with Crippen molar-refractivity contribution < 1.29 is 26.1 Å². The monoisotopic (exact) mass is 424 g/mol. The van der Waals surface area contributed by atoms with E-state index in [0.29, 0.717) is 10.9 Å². The molecule has 0 aliphatic heterocycles. The lowest BCUT2D eigenvalue weighted by Crippen LogP contribution is -2.35. The van der Waals surface area contributed by atoms with Gasteiger partial charge in [0.15, 0.2) is 15.0 Å². The van der Waals surface area contributed by atoms with Gasteiger partial charge in [0.25, 0.3) is 0 Å². The third kappa shape index (κ3) is 6.98. The average molecular weight is 425 g/mol. The molecule has 0 bridgehead atoms. The second-order valence-corrected chi connectivity index (χ2v) is 11.0. The smallest absolute Gasteiger partial charge is 0.485 e. The van der Waals surface area contributed by atoms with E-state index in [0.717, 1.165) is 10.5 Å². The van der Waals surface area contributed by atoms with Crippen molar-refractivity contribution in [3.05, 3.63) is 30.3 Å². The van der Waals surface area contributed by atoms with Gasteiger partial charge in [-0.1, -0.05) is 31.0 Å². The van der Waals surface area contributed by atoms with Crippen molar-refractivity contribution >= 4 is 21.0 Å². The molecule has 1 aromatic rings. The number of halogens is 3. The third-order valence-electron chi connectivity index (χ3n) is 5.12. The zero-order valence-electron chi connectivity index (χ0n) is 15.3. The largest absolute Gasteiger partial charge is 0.741 e. The van der Waals surface area contributed by atoms with Crippen LogP contribution in [0.25, 0.3) is 0 Å². The molecule has 27 heavy (non-hydrogen) atoms. The third-order valence-corrected chi connectivity index (χ3v) is 8.88. The summed E-state index contributed by atoms with van der Waals surface area (Å²) in [6.07, 6.45) is 14.9. The molecule has 1 aromatic carbocycles. The van der Waals surface area contributed by atoms with E-state index in [1.807, 2.05) is 0 Å². The van der Waals surface area contributed by atoms with Gasteiger partial charge in [-0.05, 0) is 63.5 Å². The van der Waals surface area contributed by atoms with Gasteiger partial charge in [0.05, 0.1) is 0 Å². The van der Waals surface area contributed by atoms with E-state index in [4.69, 9.17) is 13.0 Å². The first kappa shape index (κ1) is 22.6. The quantitative estimate of drug-likeness (QED) is 0.372. The molecule has 0 unspecified atom stereocenters. The van der Waals surface area contributed by atoms with Crippen molar-refractivity contribution in [3.63, 3.8) is 0 Å². The van der Waals surface area contributed by atoms with Crippen LogP contribution in [-0.4, -0.2) is 29.0 Å². The van der Waals surface area contributed by atoms with Crippen molar-refractivity contribution in [2.24, 2.45) is 0 Å². The number of alkyl halides is 3. The summed E-state index contributed by atoms with van der Waals surface area (Å²) >= 11 is 0. The summed E-state index contributed by atoms with van der Waals surface area (Å²) in [5, 5.41) is 2.00. The SMILES string of the molecule is O=S(=O)([O-])C(F)(F)F.c1ccc([S+](C2CCCCC2)C2CCCCC2)cc1. The van der Waals surface area contributed by atoms with Crippen LogP contribution in [-0.2, 0) is 21.0 Å². The average Bonchev–Trinajstić information content (AvgIpc) is 2.64. The van der Waals surface area contributed by atoms with Gasteiger partial charge >= 0.3 is 5.51 Å². The molecule has 3 nitrogen and oxygen atoms in total. The predicted octanol–water partition coefficient (Wildman–Crippen LogP) is 5.38. The Morgan fingerprint density at radius 1 is 0.815 bits per heavy atom. The van der Waals surface area contributed by atoms with Crippen LogP contribution in [0.2, 0.25) is 0 Å². The van der Waals surface area contributed by atoms with Gasteiger partial charge < -0.3 is 4.55 Å². The molecular formula is C19H27F3O3S2. The second-order valence-electron chi connectivity index (χ2n) is 7.10. The van der Waals surface area contributed by atoms with Gasteiger partial charge in [0.1, 0.15) is 10.5 Å². The van der Waals surface area contributed by atoms with Crippen molar-refractivity contribution in [2.75, 3.05) is 0 Å². The molecule has 2 fully saturated rings. The molecular weight excluding hydrogens is 397 g/mol. The Kier molecular flexibility index (Phi) is 8.49. The fourth-order valence-electron chi connectivity index (χ4n) is 3.87. The molecule has 0 spiro atoms. The molecule has 0 aromatic heterocycles. The molecule has 2 saturated carbocycles. The van der Waals surface area contributed by atoms with Crippen LogP contribution in [0.3, 0.4) is 0 Å². The Morgan fingerprint density at radius 3 is 1.52 bits per heavy atom. The molecule has 0 heterocycles. The first-order valence-corrected chi connectivity index (χ1v) is 12.2. The van der Waals surface area contributed by atoms with Crippen LogP contribution < -0.4 is 0 Å². The summed E-state index contributed by atoms with van der Waals surface area (Å²) in [5.41, 5.74) is -5.65. The summed E-state index contributed by atoms with van der Waals surface area (Å²) < 4.78 is 58.9. The van der Waals surface area contributed by atoms with E-state index in [1.165, 1.54) is 64.2 Å². The zero-order chi connectivity index (χ0) is 19.9. The maximum atomic E-state index is 10.7. The number of rotatable bonds is 3. The van der Waals surface area contributed by atoms with Crippen LogP contribution in [0.15, 0.2) is 35.2 Å². The van der Waals surface area contributed by atoms with E-state index in [1.54, 1.807) is 4.90 Å². The molecule has 0 N–H and O–H groups in total. The van der Waals surface area contributed by atoms with Gasteiger partial charge in [-0.3, -0.25) is 0 Å². The van der Waals surface area contributed by atoms with Gasteiger partial charge in [0, 0.05) is 10.9 Å². The molecule has 0 radical (unpaired) electrons. The van der Waals surface area contributed by atoms with Crippen LogP contribution in [0.1, 0.15) is 64.2 Å². The Labute approximate surface area is 162 Å². The van der Waals surface area contributed by atoms with Crippen molar-refractivity contribution in [2.45, 2.75) is 85.1 Å². The maximum absolute atomic E-state index is 10.7. The highest BCUT2D eigenvalue weighted by Gasteiger charge is 2.41. The van der Waals surface area contributed by atoms with Crippen LogP contribution in [0.4, 0.5) is 13.2 Å². The number of hydrogen-bond acceptors (Lipinski definition) is 3. The molecule has 2 aliphatic rings. The highest BCUT2D eigenvalue weighted by molar-refractivity contribution is 7.98. The fourth-order valence-corrected chi connectivity index (χ4v) is 7.34. The van der Waals surface area contributed by atoms with Crippen molar-refractivity contribution in [1.29, 1.82) is 0 Å². The van der Waals surface area contributed by atoms with Gasteiger partial charge in [-0.15, -0.1) is 0 Å². The van der Waals surface area contributed by atoms with E-state index < -0.39 is 15.6 Å². The molecule has 2 aliphatic carbocycles. The second kappa shape index (κ2) is 10.2. The Balaban J connectivity index is 0.000000279. The van der Waals surface area contributed by atoms with Crippen molar-refractivity contribution in [3.8, 4) is 0 Å². The standard InChI is InChI=1S/C18H27S.CHF3O3S/c1-4-10-16(11-5-1)19(17-12-6-2-7-13-17)18-14-8-3-9-15-18;2-1(3,4)8(5,6)7/h1,4-5,10-11,17-18H,2-3,6-9,12-15H2;(H,5,6,7)/q+1;/p-1. The van der Waals surface area contributed by atoms with Crippen LogP contribution >= 0.6 is 0 Å². The minimum Gasteiger partial charge on any atom is -0.741 e. The minimum atomic E-state index is -6.09. The predicted molar refractivity (Wildman–Crippen MR) is 102 cm³/mol. The van der Waals surface area contributed by atoms with E-state index in [9.17, 15) is 13.2 Å². The normalized spacial score (nSPS) is 20.2. The number of benzene rings is 1. The molecule has 3 rings (SSSR count). The highest BCUT2D eigenvalue weighted by atomic mass is 32.2. The number of hydrogen-bond donors (Lipinski definition) is 0. The first-order valence-electron chi connectivity index (χ1n) is 9.49. The lowest BCUT2D eigenvalue weighted by molar-refractivity contribution is -0.0517. The molecule has 8 heteroatoms. The van der Waals surface area contributed by atoms with E-state index in [-0.39, 0.29) is 0 Å². The molecule has 154 valence electrons. The Hall–Kier alpha value is -0.730. The zero-order valence-corrected chi connectivity index (χ0v) is 16.9. The summed E-state index contributed by atoms with van der Waals surface area (Å²) in [6.45, 7) is 0. The highest BCUT2D eigenvalue weighted by Crippen LogP contribution is 2.38. The summed E-state index contributed by atoms with van der Waals surface area (Å²) in [5.74, 6) is 0. The summed E-state index contributed by atoms with van der Waals surface area (Å²) in [6, 6.07) is 11.5.